The van der Waals surface area contributed by atoms with Gasteiger partial charge in [-0.1, -0.05) is 20.3 Å². The third-order valence-corrected chi connectivity index (χ3v) is 5.64. The number of nitrogens with zero attached hydrogens (tertiary/aromatic N) is 6. The van der Waals surface area contributed by atoms with Crippen molar-refractivity contribution in [3.05, 3.63) is 0 Å². The van der Waals surface area contributed by atoms with E-state index >= 15 is 0 Å². The highest BCUT2D eigenvalue weighted by Gasteiger charge is 2.52. The predicted molar refractivity (Wildman–Crippen MR) is 101 cm³/mol. The summed E-state index contributed by atoms with van der Waals surface area (Å²) in [5.41, 5.74) is 0. The Morgan fingerprint density at radius 1 is 1.04 bits per heavy atom. The molecule has 2 fully saturated rings. The Balaban J connectivity index is 1.83. The molecule has 144 valence electrons. The van der Waals surface area contributed by atoms with Crippen LogP contribution in [0.3, 0.4) is 0 Å². The minimum absolute atomic E-state index is 0.172. The molecule has 8 heteroatoms. The molecule has 26 heavy (non-hydrogen) atoms. The van der Waals surface area contributed by atoms with Crippen LogP contribution in [0, 0.1) is 0 Å². The molecule has 2 saturated heterocycles. The first-order valence-corrected chi connectivity index (χ1v) is 9.68. The molecule has 3 amide bonds. The summed E-state index contributed by atoms with van der Waals surface area (Å²) in [6.07, 6.45) is 2.06. The van der Waals surface area contributed by atoms with Crippen molar-refractivity contribution in [2.24, 2.45) is 4.99 Å². The molecule has 3 aliphatic heterocycles. The second kappa shape index (κ2) is 7.84. The number of aliphatic imine (C=N–C) groups is 1. The molecule has 0 aromatic carbocycles. The van der Waals surface area contributed by atoms with Crippen molar-refractivity contribution < 1.29 is 14.2 Å². The van der Waals surface area contributed by atoms with Crippen molar-refractivity contribution in [2.75, 3.05) is 59.9 Å². The number of amidine groups is 2. The van der Waals surface area contributed by atoms with E-state index in [0.717, 1.165) is 64.5 Å². The van der Waals surface area contributed by atoms with Gasteiger partial charge in [-0.2, -0.15) is 0 Å². The minimum Gasteiger partial charge on any atom is -0.301 e. The first-order valence-electron chi connectivity index (χ1n) is 9.68. The van der Waals surface area contributed by atoms with Gasteiger partial charge in [-0.15, -0.1) is 0 Å². The number of unbranched alkanes of at least 4 members (excludes halogenated alkanes) is 1. The van der Waals surface area contributed by atoms with Gasteiger partial charge in [0.05, 0.1) is 6.54 Å². The van der Waals surface area contributed by atoms with Crippen molar-refractivity contribution in [3.63, 3.8) is 0 Å². The normalized spacial score (nSPS) is 25.2. The van der Waals surface area contributed by atoms with Crippen LogP contribution in [0.1, 0.15) is 26.7 Å². The summed E-state index contributed by atoms with van der Waals surface area (Å²) in [5, 5.41) is 0. The molecule has 1 unspecified atom stereocenters. The summed E-state index contributed by atoms with van der Waals surface area (Å²) in [7, 11) is 3.26. The van der Waals surface area contributed by atoms with E-state index in [9.17, 15) is 9.59 Å². The Bertz CT molecular complexity index is 636. The van der Waals surface area contributed by atoms with Crippen LogP contribution in [-0.2, 0) is 4.79 Å². The highest BCUT2D eigenvalue weighted by Crippen LogP contribution is 2.20. The molecule has 0 radical (unpaired) electrons. The van der Waals surface area contributed by atoms with Gasteiger partial charge in [0.1, 0.15) is 6.54 Å². The number of carbonyl (C=O) groups excluding carboxylic acids is 2. The Hall–Kier alpha value is -1.80. The van der Waals surface area contributed by atoms with Gasteiger partial charge >= 0.3 is 11.9 Å². The molecular formula is C18H31N6O2+. The molecule has 0 aromatic heterocycles. The maximum atomic E-state index is 12.8. The molecule has 0 aliphatic carbocycles. The summed E-state index contributed by atoms with van der Waals surface area (Å²) in [6.45, 7) is 11.1. The fraction of sp³-hybridized carbons (Fsp3) is 0.778. The smallest absolute Gasteiger partial charge is 0.301 e. The van der Waals surface area contributed by atoms with E-state index in [0.29, 0.717) is 5.84 Å². The molecule has 0 saturated carbocycles. The van der Waals surface area contributed by atoms with Gasteiger partial charge in [-0.05, 0) is 18.0 Å². The maximum Gasteiger partial charge on any atom is 0.333 e. The Morgan fingerprint density at radius 3 is 2.31 bits per heavy atom. The summed E-state index contributed by atoms with van der Waals surface area (Å²) in [5.74, 6) is 1.33. The predicted octanol–water partition coefficient (Wildman–Crippen LogP) is 0.140. The van der Waals surface area contributed by atoms with Crippen LogP contribution >= 0.6 is 0 Å². The summed E-state index contributed by atoms with van der Waals surface area (Å²) < 4.78 is 2.12. The highest BCUT2D eigenvalue weighted by molar-refractivity contribution is 6.23. The molecule has 3 heterocycles. The lowest BCUT2D eigenvalue weighted by Gasteiger charge is -2.33. The van der Waals surface area contributed by atoms with Gasteiger partial charge in [0.2, 0.25) is 0 Å². The zero-order valence-corrected chi connectivity index (χ0v) is 16.4. The highest BCUT2D eigenvalue weighted by atomic mass is 16.2. The van der Waals surface area contributed by atoms with Crippen LogP contribution in [0.4, 0.5) is 4.79 Å². The van der Waals surface area contributed by atoms with Crippen molar-refractivity contribution in [1.29, 1.82) is 0 Å². The van der Waals surface area contributed by atoms with E-state index in [4.69, 9.17) is 4.99 Å². The zero-order valence-electron chi connectivity index (χ0n) is 16.4. The molecule has 0 spiro atoms. The average Bonchev–Trinajstić information content (AvgIpc) is 3.01. The minimum atomic E-state index is -0.457. The van der Waals surface area contributed by atoms with E-state index in [1.807, 2.05) is 0 Å². The van der Waals surface area contributed by atoms with E-state index < -0.39 is 6.04 Å². The first kappa shape index (κ1) is 19.0. The van der Waals surface area contributed by atoms with Crippen LogP contribution < -0.4 is 0 Å². The molecule has 8 nitrogen and oxygen atoms in total. The Labute approximate surface area is 155 Å². The number of rotatable bonds is 6. The second-order valence-corrected chi connectivity index (χ2v) is 7.28. The molecule has 0 bridgehead atoms. The van der Waals surface area contributed by atoms with Crippen LogP contribution in [0.25, 0.3) is 0 Å². The van der Waals surface area contributed by atoms with Gasteiger partial charge < -0.3 is 4.90 Å². The van der Waals surface area contributed by atoms with Crippen LogP contribution in [0.5, 0.6) is 0 Å². The largest absolute Gasteiger partial charge is 0.333 e. The lowest BCUT2D eigenvalue weighted by Crippen LogP contribution is -2.61. The van der Waals surface area contributed by atoms with E-state index in [2.05, 4.69) is 28.2 Å². The standard InChI is InChI=1S/C18H31N6O2/c1-5-7-8-24-14(13-23-11-9-22(6-2)10-12-23)19-16-15(24)17(25)21(4)18(26)20(16)3/h15H,5-13H2,1-4H3/q+1. The van der Waals surface area contributed by atoms with E-state index in [-0.39, 0.29) is 11.9 Å². The number of carbonyl (C=O) groups is 2. The SMILES string of the molecule is CCCC[N+]1=C(CN2CCN(CC)CC2)N=C2C1C(=O)N(C)C(=O)N2C. The number of hydrogen-bond acceptors (Lipinski definition) is 5. The van der Waals surface area contributed by atoms with Gasteiger partial charge in [0.15, 0.2) is 0 Å². The summed E-state index contributed by atoms with van der Waals surface area (Å²) >= 11 is 0. The zero-order chi connectivity index (χ0) is 18.8. The number of hydrogen-bond donors (Lipinski definition) is 0. The topological polar surface area (TPSA) is 62.5 Å². The van der Waals surface area contributed by atoms with Gasteiger partial charge in [0.25, 0.3) is 17.8 Å². The third kappa shape index (κ3) is 3.40. The monoisotopic (exact) mass is 363 g/mol. The molecule has 0 N–H and O–H groups in total. The van der Waals surface area contributed by atoms with Gasteiger partial charge in [0, 0.05) is 40.3 Å². The van der Waals surface area contributed by atoms with Gasteiger partial charge in [-0.25, -0.2) is 9.37 Å². The Kier molecular flexibility index (Phi) is 5.72. The van der Waals surface area contributed by atoms with Crippen molar-refractivity contribution in [1.82, 2.24) is 19.6 Å². The molecule has 0 aromatic rings. The molecule has 3 aliphatic rings. The molecular weight excluding hydrogens is 332 g/mol. The fourth-order valence-electron chi connectivity index (χ4n) is 3.83. The quantitative estimate of drug-likeness (QED) is 0.630. The molecule has 1 atom stereocenters. The lowest BCUT2D eigenvalue weighted by molar-refractivity contribution is -0.536. The fourth-order valence-corrected chi connectivity index (χ4v) is 3.83. The maximum absolute atomic E-state index is 12.8. The van der Waals surface area contributed by atoms with Crippen LogP contribution in [-0.4, -0.2) is 114 Å². The first-order chi connectivity index (χ1) is 12.5. The number of fused-ring (bicyclic) bond motifs is 1. The molecule has 3 rings (SSSR count). The number of imide groups is 1. The number of amides is 3. The van der Waals surface area contributed by atoms with Crippen molar-refractivity contribution >= 4 is 23.6 Å². The van der Waals surface area contributed by atoms with Crippen molar-refractivity contribution in [2.45, 2.75) is 32.7 Å². The third-order valence-electron chi connectivity index (χ3n) is 5.64. The summed E-state index contributed by atoms with van der Waals surface area (Å²) in [6, 6.07) is -0.764. The summed E-state index contributed by atoms with van der Waals surface area (Å²) in [4.78, 5) is 37.4. The Morgan fingerprint density at radius 2 is 1.69 bits per heavy atom. The van der Waals surface area contributed by atoms with E-state index in [1.165, 1.54) is 9.80 Å². The van der Waals surface area contributed by atoms with Gasteiger partial charge in [-0.3, -0.25) is 19.5 Å². The average molecular weight is 363 g/mol. The van der Waals surface area contributed by atoms with Crippen LogP contribution in [0.2, 0.25) is 0 Å². The lowest BCUT2D eigenvalue weighted by atomic mass is 10.1. The second-order valence-electron chi connectivity index (χ2n) is 7.28. The van der Waals surface area contributed by atoms with Crippen LogP contribution in [0.15, 0.2) is 4.99 Å². The van der Waals surface area contributed by atoms with E-state index in [1.54, 1.807) is 14.1 Å². The number of likely N-dealkylation sites (N-methyl/N-ethyl adjacent to an activating group) is 3. The van der Waals surface area contributed by atoms with Crippen molar-refractivity contribution in [3.8, 4) is 0 Å². The number of piperazine rings is 1. The number of urea groups is 1.